The molecule has 0 saturated carbocycles. The number of amides is 1. The molecule has 0 radical (unpaired) electrons. The zero-order valence-corrected chi connectivity index (χ0v) is 25.0. The number of aromatic hydroxyl groups is 1. The van der Waals surface area contributed by atoms with Crippen LogP contribution in [0.5, 0.6) is 17.2 Å². The van der Waals surface area contributed by atoms with Crippen molar-refractivity contribution in [3.05, 3.63) is 102 Å². The number of carbonyl (C=O) groups is 1. The maximum atomic E-state index is 12.3. The molecule has 0 fully saturated rings. The first-order chi connectivity index (χ1) is 21.3. The van der Waals surface area contributed by atoms with Crippen molar-refractivity contribution in [2.24, 2.45) is 0 Å². The van der Waals surface area contributed by atoms with Crippen molar-refractivity contribution in [1.29, 1.82) is 5.26 Å². The highest BCUT2D eigenvalue weighted by Crippen LogP contribution is 2.38. The van der Waals surface area contributed by atoms with E-state index in [0.717, 1.165) is 33.7 Å². The molecule has 1 amide bonds. The highest BCUT2D eigenvalue weighted by molar-refractivity contribution is 5.94. The first kappa shape index (κ1) is 29.7. The molecule has 0 aliphatic carbocycles. The van der Waals surface area contributed by atoms with Gasteiger partial charge >= 0.3 is 0 Å². The fourth-order valence-electron chi connectivity index (χ4n) is 4.92. The SMILES string of the molecule is CCC(=O)Nc1cc(CNc2c(C#N)c(C)nn2-c2cccc(-c3ccc(OC)cc3)c2)cc(-c2ccc(OC)cc2)c1O. The monoisotopic (exact) mass is 587 g/mol. The maximum Gasteiger partial charge on any atom is 0.224 e. The van der Waals surface area contributed by atoms with Crippen LogP contribution in [-0.2, 0) is 11.3 Å². The molecule has 0 aliphatic heterocycles. The predicted octanol–water partition coefficient (Wildman–Crippen LogP) is 7.07. The van der Waals surface area contributed by atoms with Gasteiger partial charge < -0.3 is 25.2 Å². The second-order valence-corrected chi connectivity index (χ2v) is 10.1. The molecule has 0 bridgehead atoms. The Morgan fingerprint density at radius 2 is 1.59 bits per heavy atom. The Morgan fingerprint density at radius 3 is 2.20 bits per heavy atom. The minimum absolute atomic E-state index is 0.0327. The van der Waals surface area contributed by atoms with Crippen LogP contribution < -0.4 is 20.1 Å². The number of nitriles is 1. The number of nitrogens with one attached hydrogen (secondary N) is 2. The molecular weight excluding hydrogens is 554 g/mol. The summed E-state index contributed by atoms with van der Waals surface area (Å²) in [6.45, 7) is 3.84. The fraction of sp³-hybridized carbons (Fsp3) is 0.171. The number of phenols is 1. The Bertz CT molecular complexity index is 1840. The number of nitrogens with zero attached hydrogens (tertiary/aromatic N) is 3. The Labute approximate surface area is 256 Å². The van der Waals surface area contributed by atoms with E-state index in [2.05, 4.69) is 16.7 Å². The van der Waals surface area contributed by atoms with E-state index in [0.29, 0.717) is 34.1 Å². The number of rotatable bonds is 10. The first-order valence-electron chi connectivity index (χ1n) is 14.1. The molecule has 222 valence electrons. The number of phenolic OH excluding ortho intramolecular Hbond substituents is 1. The summed E-state index contributed by atoms with van der Waals surface area (Å²) in [5.41, 5.74) is 6.19. The van der Waals surface area contributed by atoms with E-state index in [-0.39, 0.29) is 24.6 Å². The first-order valence-corrected chi connectivity index (χ1v) is 14.1. The number of anilines is 2. The number of benzene rings is 4. The number of ether oxygens (including phenoxy) is 2. The molecule has 1 heterocycles. The number of aryl methyl sites for hydroxylation is 1. The molecule has 1 aromatic heterocycles. The normalized spacial score (nSPS) is 10.6. The third-order valence-electron chi connectivity index (χ3n) is 7.31. The fourth-order valence-corrected chi connectivity index (χ4v) is 4.92. The molecule has 0 unspecified atom stereocenters. The van der Waals surface area contributed by atoms with Crippen LogP contribution in [0.4, 0.5) is 11.5 Å². The van der Waals surface area contributed by atoms with Crippen molar-refractivity contribution in [3.63, 3.8) is 0 Å². The summed E-state index contributed by atoms with van der Waals surface area (Å²) < 4.78 is 12.3. The average molecular weight is 588 g/mol. The largest absolute Gasteiger partial charge is 0.505 e. The van der Waals surface area contributed by atoms with Crippen LogP contribution >= 0.6 is 0 Å². The summed E-state index contributed by atoms with van der Waals surface area (Å²) in [4.78, 5) is 12.3. The van der Waals surface area contributed by atoms with Gasteiger partial charge in [-0.05, 0) is 77.7 Å². The second kappa shape index (κ2) is 13.0. The topological polar surface area (TPSA) is 121 Å². The van der Waals surface area contributed by atoms with Crippen molar-refractivity contribution in [1.82, 2.24) is 9.78 Å². The standard InChI is InChI=1S/C35H33N5O4/c1-5-33(41)38-32-18-23(17-30(34(32)42)25-11-15-29(44-4)16-12-25)21-37-35-31(20-36)22(2)39-40(35)27-8-6-7-26(19-27)24-9-13-28(43-3)14-10-24/h6-19,37,42H,5,21H2,1-4H3,(H,38,41). The minimum atomic E-state index is -0.219. The third kappa shape index (κ3) is 6.20. The van der Waals surface area contributed by atoms with Gasteiger partial charge in [-0.1, -0.05) is 43.3 Å². The van der Waals surface area contributed by atoms with Crippen molar-refractivity contribution < 1.29 is 19.4 Å². The molecule has 0 saturated heterocycles. The van der Waals surface area contributed by atoms with E-state index in [1.165, 1.54) is 0 Å². The number of aromatic nitrogens is 2. The number of hydrogen-bond donors (Lipinski definition) is 3. The van der Waals surface area contributed by atoms with Crippen LogP contribution in [0.25, 0.3) is 27.9 Å². The summed E-state index contributed by atoms with van der Waals surface area (Å²) in [5, 5.41) is 32.1. The lowest BCUT2D eigenvalue weighted by atomic mass is 10.00. The van der Waals surface area contributed by atoms with Gasteiger partial charge in [0.2, 0.25) is 5.91 Å². The van der Waals surface area contributed by atoms with Gasteiger partial charge in [-0.2, -0.15) is 10.4 Å². The van der Waals surface area contributed by atoms with Crippen molar-refractivity contribution in [2.45, 2.75) is 26.8 Å². The Hall–Kier alpha value is -5.75. The van der Waals surface area contributed by atoms with Gasteiger partial charge in [0.1, 0.15) is 34.7 Å². The van der Waals surface area contributed by atoms with Crippen LogP contribution in [0.15, 0.2) is 84.9 Å². The van der Waals surface area contributed by atoms with Crippen molar-refractivity contribution in [3.8, 4) is 51.3 Å². The molecule has 9 nitrogen and oxygen atoms in total. The van der Waals surface area contributed by atoms with E-state index in [1.807, 2.05) is 78.9 Å². The summed E-state index contributed by atoms with van der Waals surface area (Å²) in [5.74, 6) is 1.75. The molecule has 0 spiro atoms. The van der Waals surface area contributed by atoms with Gasteiger partial charge in [-0.25, -0.2) is 4.68 Å². The summed E-state index contributed by atoms with van der Waals surface area (Å²) in [7, 11) is 3.23. The van der Waals surface area contributed by atoms with Crippen LogP contribution in [0.3, 0.4) is 0 Å². The molecule has 0 atom stereocenters. The highest BCUT2D eigenvalue weighted by Gasteiger charge is 2.19. The Morgan fingerprint density at radius 1 is 0.932 bits per heavy atom. The molecular formula is C35H33N5O4. The van der Waals surface area contributed by atoms with Gasteiger partial charge in [0, 0.05) is 18.5 Å². The zero-order chi connectivity index (χ0) is 31.2. The van der Waals surface area contributed by atoms with Gasteiger partial charge in [0.05, 0.1) is 31.3 Å². The van der Waals surface area contributed by atoms with Crippen LogP contribution in [0, 0.1) is 18.3 Å². The number of hydrogen-bond acceptors (Lipinski definition) is 7. The second-order valence-electron chi connectivity index (χ2n) is 10.1. The highest BCUT2D eigenvalue weighted by atomic mass is 16.5. The lowest BCUT2D eigenvalue weighted by molar-refractivity contribution is -0.115. The molecule has 5 aromatic rings. The van der Waals surface area contributed by atoms with E-state index in [4.69, 9.17) is 14.6 Å². The maximum absolute atomic E-state index is 12.3. The molecule has 3 N–H and O–H groups in total. The lowest BCUT2D eigenvalue weighted by Crippen LogP contribution is -2.11. The lowest BCUT2D eigenvalue weighted by Gasteiger charge is -2.16. The van der Waals surface area contributed by atoms with Crippen molar-refractivity contribution >= 4 is 17.4 Å². The molecule has 44 heavy (non-hydrogen) atoms. The average Bonchev–Trinajstić information content (AvgIpc) is 3.39. The van der Waals surface area contributed by atoms with Gasteiger partial charge in [0.15, 0.2) is 0 Å². The minimum Gasteiger partial charge on any atom is -0.505 e. The van der Waals surface area contributed by atoms with Crippen LogP contribution in [0.1, 0.15) is 30.2 Å². The molecule has 9 heteroatoms. The van der Waals surface area contributed by atoms with Gasteiger partial charge in [-0.3, -0.25) is 4.79 Å². The van der Waals surface area contributed by atoms with Crippen molar-refractivity contribution in [2.75, 3.05) is 24.9 Å². The summed E-state index contributed by atoms with van der Waals surface area (Å²) in [6.07, 6.45) is 0.263. The van der Waals surface area contributed by atoms with Gasteiger partial charge in [-0.15, -0.1) is 0 Å². The van der Waals surface area contributed by atoms with Crippen LogP contribution in [0.2, 0.25) is 0 Å². The summed E-state index contributed by atoms with van der Waals surface area (Å²) in [6, 6.07) is 28.9. The smallest absolute Gasteiger partial charge is 0.224 e. The molecule has 5 rings (SSSR count). The van der Waals surface area contributed by atoms with E-state index in [9.17, 15) is 15.2 Å². The quantitative estimate of drug-likeness (QED) is 0.149. The van der Waals surface area contributed by atoms with E-state index in [1.54, 1.807) is 38.8 Å². The zero-order valence-electron chi connectivity index (χ0n) is 25.0. The van der Waals surface area contributed by atoms with E-state index < -0.39 is 0 Å². The summed E-state index contributed by atoms with van der Waals surface area (Å²) >= 11 is 0. The Balaban J connectivity index is 1.51. The van der Waals surface area contributed by atoms with Crippen LogP contribution in [-0.4, -0.2) is 35.0 Å². The number of methoxy groups -OCH3 is 2. The Kier molecular flexibility index (Phi) is 8.82. The van der Waals surface area contributed by atoms with E-state index >= 15 is 0 Å². The molecule has 4 aromatic carbocycles. The number of carbonyl (C=O) groups excluding carboxylic acids is 1. The van der Waals surface area contributed by atoms with Gasteiger partial charge in [0.25, 0.3) is 0 Å². The predicted molar refractivity (Wildman–Crippen MR) is 171 cm³/mol. The molecule has 0 aliphatic rings. The third-order valence-corrected chi connectivity index (χ3v) is 7.31.